The first-order valence-electron chi connectivity index (χ1n) is 6.51. The zero-order valence-corrected chi connectivity index (χ0v) is 11.0. The lowest BCUT2D eigenvalue weighted by molar-refractivity contribution is 0.107. The van der Waals surface area contributed by atoms with Gasteiger partial charge in [0.25, 0.3) is 0 Å². The highest BCUT2D eigenvalue weighted by atomic mass is 16.5. The Morgan fingerprint density at radius 1 is 0.900 bits per heavy atom. The maximum Gasteiger partial charge on any atom is 0.126 e. The molecule has 0 atom stereocenters. The Balaban J connectivity index is 1.70. The molecule has 1 aromatic heterocycles. The van der Waals surface area contributed by atoms with Crippen molar-refractivity contribution in [2.24, 2.45) is 0 Å². The molecule has 1 heterocycles. The molecule has 0 amide bonds. The van der Waals surface area contributed by atoms with Crippen LogP contribution in [0.25, 0.3) is 10.9 Å². The molecule has 0 saturated carbocycles. The van der Waals surface area contributed by atoms with Crippen LogP contribution in [0.2, 0.25) is 0 Å². The van der Waals surface area contributed by atoms with Gasteiger partial charge in [0, 0.05) is 11.6 Å². The topological polar surface area (TPSA) is 42.4 Å². The molecule has 0 fully saturated rings. The first-order valence-corrected chi connectivity index (χ1v) is 6.51. The zero-order valence-electron chi connectivity index (χ0n) is 11.0. The van der Waals surface area contributed by atoms with E-state index in [0.29, 0.717) is 13.2 Å². The van der Waals surface area contributed by atoms with Crippen molar-refractivity contribution in [3.63, 3.8) is 0 Å². The quantitative estimate of drug-likeness (QED) is 0.782. The summed E-state index contributed by atoms with van der Waals surface area (Å²) in [6.07, 6.45) is 1.60. The lowest BCUT2D eigenvalue weighted by Crippen LogP contribution is -1.94. The third-order valence-corrected chi connectivity index (χ3v) is 3.16. The molecule has 0 aliphatic rings. The van der Waals surface area contributed by atoms with Gasteiger partial charge in [-0.2, -0.15) is 0 Å². The van der Waals surface area contributed by atoms with Crippen LogP contribution in [-0.4, -0.2) is 10.1 Å². The van der Waals surface area contributed by atoms with Crippen LogP contribution in [-0.2, 0) is 18.0 Å². The van der Waals surface area contributed by atoms with Crippen LogP contribution in [0.3, 0.4) is 0 Å². The van der Waals surface area contributed by atoms with Gasteiger partial charge in [-0.05, 0) is 29.3 Å². The normalized spacial score (nSPS) is 10.8. The monoisotopic (exact) mass is 265 g/mol. The lowest BCUT2D eigenvalue weighted by Gasteiger charge is -2.06. The predicted octanol–water partition coefficient (Wildman–Crippen LogP) is 3.66. The predicted molar refractivity (Wildman–Crippen MR) is 78.3 cm³/mol. The fraction of sp³-hybridized carbons (Fsp3) is 0.118. The number of ether oxygens (including phenoxy) is 1. The summed E-state index contributed by atoms with van der Waals surface area (Å²) < 4.78 is 5.69. The first kappa shape index (κ1) is 12.6. The van der Waals surface area contributed by atoms with E-state index in [1.807, 2.05) is 48.5 Å². The standard InChI is InChI=1S/C17H15NO2/c19-17-8-9-18-16-7-6-14(10-15(16)17)12-20-11-13-4-2-1-3-5-13/h1-10H,11-12H2,(H,18,19). The third kappa shape index (κ3) is 2.78. The van der Waals surface area contributed by atoms with E-state index >= 15 is 0 Å². The summed E-state index contributed by atoms with van der Waals surface area (Å²) in [6.45, 7) is 1.09. The molecule has 0 unspecified atom stereocenters. The third-order valence-electron chi connectivity index (χ3n) is 3.16. The van der Waals surface area contributed by atoms with Crippen LogP contribution >= 0.6 is 0 Å². The van der Waals surface area contributed by atoms with Gasteiger partial charge < -0.3 is 9.84 Å². The molecule has 100 valence electrons. The van der Waals surface area contributed by atoms with Crippen LogP contribution in [0.4, 0.5) is 0 Å². The fourth-order valence-electron chi connectivity index (χ4n) is 2.13. The minimum atomic E-state index is 0.250. The summed E-state index contributed by atoms with van der Waals surface area (Å²) in [4.78, 5) is 4.21. The second kappa shape index (κ2) is 5.72. The Labute approximate surface area is 117 Å². The van der Waals surface area contributed by atoms with E-state index in [0.717, 1.165) is 22.0 Å². The van der Waals surface area contributed by atoms with Gasteiger partial charge in [-0.15, -0.1) is 0 Å². The number of pyridine rings is 1. The number of aromatic nitrogens is 1. The van der Waals surface area contributed by atoms with Crippen molar-refractivity contribution >= 4 is 10.9 Å². The van der Waals surface area contributed by atoms with Crippen molar-refractivity contribution in [3.05, 3.63) is 71.9 Å². The van der Waals surface area contributed by atoms with Crippen molar-refractivity contribution in [1.29, 1.82) is 0 Å². The maximum atomic E-state index is 9.82. The minimum Gasteiger partial charge on any atom is -0.507 e. The minimum absolute atomic E-state index is 0.250. The van der Waals surface area contributed by atoms with Gasteiger partial charge in [0.05, 0.1) is 18.7 Å². The maximum absolute atomic E-state index is 9.82. The molecular formula is C17H15NO2. The summed E-state index contributed by atoms with van der Waals surface area (Å²) in [6, 6.07) is 17.4. The van der Waals surface area contributed by atoms with Crippen LogP contribution < -0.4 is 0 Å². The van der Waals surface area contributed by atoms with Crippen molar-refractivity contribution in [2.45, 2.75) is 13.2 Å². The molecule has 3 rings (SSSR count). The number of aromatic hydroxyl groups is 1. The molecule has 0 radical (unpaired) electrons. The largest absolute Gasteiger partial charge is 0.507 e. The molecule has 20 heavy (non-hydrogen) atoms. The van der Waals surface area contributed by atoms with E-state index in [9.17, 15) is 5.11 Å². The van der Waals surface area contributed by atoms with Gasteiger partial charge in [0.1, 0.15) is 5.75 Å². The molecule has 0 aliphatic heterocycles. The summed E-state index contributed by atoms with van der Waals surface area (Å²) in [7, 11) is 0. The van der Waals surface area contributed by atoms with Crippen LogP contribution in [0.1, 0.15) is 11.1 Å². The second-order valence-electron chi connectivity index (χ2n) is 4.66. The average Bonchev–Trinajstić information content (AvgIpc) is 2.49. The molecule has 3 aromatic rings. The van der Waals surface area contributed by atoms with E-state index in [-0.39, 0.29) is 5.75 Å². The van der Waals surface area contributed by atoms with E-state index in [1.165, 1.54) is 0 Å². The highest BCUT2D eigenvalue weighted by Gasteiger charge is 2.02. The second-order valence-corrected chi connectivity index (χ2v) is 4.66. The van der Waals surface area contributed by atoms with Crippen molar-refractivity contribution in [2.75, 3.05) is 0 Å². The first-order chi connectivity index (χ1) is 9.83. The molecule has 2 aromatic carbocycles. The van der Waals surface area contributed by atoms with Crippen LogP contribution in [0.5, 0.6) is 5.75 Å². The van der Waals surface area contributed by atoms with Gasteiger partial charge in [-0.1, -0.05) is 36.4 Å². The van der Waals surface area contributed by atoms with Gasteiger partial charge >= 0.3 is 0 Å². The van der Waals surface area contributed by atoms with E-state index < -0.39 is 0 Å². The van der Waals surface area contributed by atoms with Crippen molar-refractivity contribution in [1.82, 2.24) is 4.98 Å². The molecular weight excluding hydrogens is 250 g/mol. The van der Waals surface area contributed by atoms with Gasteiger partial charge in [-0.3, -0.25) is 4.98 Å². The summed E-state index contributed by atoms with van der Waals surface area (Å²) >= 11 is 0. The number of rotatable bonds is 4. The Hall–Kier alpha value is -2.39. The van der Waals surface area contributed by atoms with Gasteiger partial charge in [0.15, 0.2) is 0 Å². The van der Waals surface area contributed by atoms with Crippen molar-refractivity contribution < 1.29 is 9.84 Å². The number of benzene rings is 2. The molecule has 0 saturated heterocycles. The van der Waals surface area contributed by atoms with E-state index in [1.54, 1.807) is 12.3 Å². The summed E-state index contributed by atoms with van der Waals surface area (Å²) in [5.74, 6) is 0.250. The van der Waals surface area contributed by atoms with Gasteiger partial charge in [0.2, 0.25) is 0 Å². The van der Waals surface area contributed by atoms with E-state index in [4.69, 9.17) is 4.74 Å². The SMILES string of the molecule is Oc1ccnc2ccc(COCc3ccccc3)cc12. The van der Waals surface area contributed by atoms with E-state index in [2.05, 4.69) is 4.98 Å². The molecule has 1 N–H and O–H groups in total. The Bertz CT molecular complexity index is 711. The number of fused-ring (bicyclic) bond motifs is 1. The highest BCUT2D eigenvalue weighted by molar-refractivity contribution is 5.84. The van der Waals surface area contributed by atoms with Gasteiger partial charge in [-0.25, -0.2) is 0 Å². The zero-order chi connectivity index (χ0) is 13.8. The highest BCUT2D eigenvalue weighted by Crippen LogP contribution is 2.23. The lowest BCUT2D eigenvalue weighted by atomic mass is 10.1. The Kier molecular flexibility index (Phi) is 3.61. The summed E-state index contributed by atoms with van der Waals surface area (Å²) in [5.41, 5.74) is 2.96. The Morgan fingerprint density at radius 3 is 2.55 bits per heavy atom. The molecule has 0 aliphatic carbocycles. The number of nitrogens with zero attached hydrogens (tertiary/aromatic N) is 1. The average molecular weight is 265 g/mol. The Morgan fingerprint density at radius 2 is 1.70 bits per heavy atom. The molecule has 3 nitrogen and oxygen atoms in total. The molecule has 3 heteroatoms. The fourth-order valence-corrected chi connectivity index (χ4v) is 2.13. The van der Waals surface area contributed by atoms with Crippen LogP contribution in [0.15, 0.2) is 60.8 Å². The van der Waals surface area contributed by atoms with Crippen LogP contribution in [0, 0.1) is 0 Å². The molecule has 0 spiro atoms. The molecule has 0 bridgehead atoms. The smallest absolute Gasteiger partial charge is 0.126 e. The number of hydrogen-bond donors (Lipinski definition) is 1. The summed E-state index contributed by atoms with van der Waals surface area (Å²) in [5, 5.41) is 10.6. The van der Waals surface area contributed by atoms with Crippen molar-refractivity contribution in [3.8, 4) is 5.75 Å². The number of hydrogen-bond acceptors (Lipinski definition) is 3.